The highest BCUT2D eigenvalue weighted by atomic mass is 16.5. The highest BCUT2D eigenvalue weighted by Gasteiger charge is 2.14. The van der Waals surface area contributed by atoms with Crippen LogP contribution in [0.15, 0.2) is 22.7 Å². The van der Waals surface area contributed by atoms with Gasteiger partial charge in [-0.05, 0) is 25.1 Å². The van der Waals surface area contributed by atoms with E-state index in [-0.39, 0.29) is 12.3 Å². The number of aromatic nitrogens is 2. The molecule has 3 rings (SSSR count). The van der Waals surface area contributed by atoms with Gasteiger partial charge in [0.1, 0.15) is 0 Å². The number of nitrogens with one attached hydrogen (secondary N) is 1. The number of benzene rings is 1. The minimum atomic E-state index is 0.0343. The normalized spacial score (nSPS) is 11.4. The van der Waals surface area contributed by atoms with Gasteiger partial charge in [0.05, 0.1) is 11.9 Å². The molecule has 0 amide bonds. The fourth-order valence-electron chi connectivity index (χ4n) is 2.03. The molecular formula is C12H11N3O2. The molecule has 2 heterocycles. The van der Waals surface area contributed by atoms with Crippen LogP contribution in [0.2, 0.25) is 0 Å². The summed E-state index contributed by atoms with van der Waals surface area (Å²) in [6.07, 6.45) is 0. The summed E-state index contributed by atoms with van der Waals surface area (Å²) in [5.41, 5.74) is 7.86. The van der Waals surface area contributed by atoms with E-state index >= 15 is 0 Å². The van der Waals surface area contributed by atoms with Crippen LogP contribution in [-0.4, -0.2) is 15.9 Å². The smallest absolute Gasteiger partial charge is 0.182 e. The third-order valence-corrected chi connectivity index (χ3v) is 2.90. The Kier molecular flexibility index (Phi) is 2.02. The molecule has 0 saturated carbocycles. The first-order valence-corrected chi connectivity index (χ1v) is 5.31. The first kappa shape index (κ1) is 10.0. The Morgan fingerprint density at radius 3 is 3.06 bits per heavy atom. The van der Waals surface area contributed by atoms with Gasteiger partial charge in [0.2, 0.25) is 0 Å². The second-order valence-electron chi connectivity index (χ2n) is 3.98. The highest BCUT2D eigenvalue weighted by Crippen LogP contribution is 2.28. The average Bonchev–Trinajstić information content (AvgIpc) is 2.85. The largest absolute Gasteiger partial charge is 0.357 e. The van der Waals surface area contributed by atoms with Gasteiger partial charge in [0.25, 0.3) is 0 Å². The number of Topliss-reactive ketones (excluding diaryl/α,β-unsaturated/α-hetero) is 1. The molecule has 86 valence electrons. The fraction of sp³-hybridized carbons (Fsp3) is 0.167. The quantitative estimate of drug-likeness (QED) is 0.658. The summed E-state index contributed by atoms with van der Waals surface area (Å²) >= 11 is 0. The van der Waals surface area contributed by atoms with Crippen molar-refractivity contribution in [1.82, 2.24) is 10.1 Å². The lowest BCUT2D eigenvalue weighted by atomic mass is 10.1. The number of aromatic amines is 1. The van der Waals surface area contributed by atoms with E-state index in [4.69, 9.17) is 10.3 Å². The van der Waals surface area contributed by atoms with E-state index in [1.807, 2.05) is 12.1 Å². The minimum absolute atomic E-state index is 0.0343. The van der Waals surface area contributed by atoms with Crippen LogP contribution >= 0.6 is 0 Å². The zero-order valence-corrected chi connectivity index (χ0v) is 9.28. The summed E-state index contributed by atoms with van der Waals surface area (Å²) in [6.45, 7) is 1.83. The van der Waals surface area contributed by atoms with Gasteiger partial charge in [-0.1, -0.05) is 5.16 Å². The molecule has 0 bridgehead atoms. The maximum absolute atomic E-state index is 11.4. The Balaban J connectivity index is 2.41. The number of H-pyrrole nitrogens is 1. The zero-order chi connectivity index (χ0) is 12.0. The monoisotopic (exact) mass is 229 g/mol. The summed E-state index contributed by atoms with van der Waals surface area (Å²) < 4.78 is 5.12. The SMILES string of the molecule is CC(=O)c1ccc2[nH]c3noc(CN)c3c2c1. The predicted octanol–water partition coefficient (Wildman–Crippen LogP) is 1.97. The molecule has 3 N–H and O–H groups in total. The predicted molar refractivity (Wildman–Crippen MR) is 63.8 cm³/mol. The Bertz CT molecular complexity index is 724. The number of carbonyl (C=O) groups is 1. The summed E-state index contributed by atoms with van der Waals surface area (Å²) in [6, 6.07) is 5.50. The van der Waals surface area contributed by atoms with Crippen LogP contribution in [0.5, 0.6) is 0 Å². The molecule has 0 unspecified atom stereocenters. The number of carbonyl (C=O) groups excluding carboxylic acids is 1. The molecule has 0 aliphatic heterocycles. The van der Waals surface area contributed by atoms with Gasteiger partial charge in [-0.15, -0.1) is 0 Å². The second kappa shape index (κ2) is 3.43. The van der Waals surface area contributed by atoms with E-state index in [0.29, 0.717) is 17.0 Å². The maximum atomic E-state index is 11.4. The van der Waals surface area contributed by atoms with Crippen molar-refractivity contribution in [3.05, 3.63) is 29.5 Å². The minimum Gasteiger partial charge on any atom is -0.357 e. The van der Waals surface area contributed by atoms with Crippen molar-refractivity contribution >= 4 is 27.7 Å². The fourth-order valence-corrected chi connectivity index (χ4v) is 2.03. The van der Waals surface area contributed by atoms with E-state index in [1.54, 1.807) is 13.0 Å². The van der Waals surface area contributed by atoms with Crippen molar-refractivity contribution in [2.24, 2.45) is 5.73 Å². The van der Waals surface area contributed by atoms with Gasteiger partial charge in [0.15, 0.2) is 17.2 Å². The molecule has 0 saturated heterocycles. The van der Waals surface area contributed by atoms with Crippen molar-refractivity contribution in [2.75, 3.05) is 0 Å². The summed E-state index contributed by atoms with van der Waals surface area (Å²) in [4.78, 5) is 14.5. The lowest BCUT2D eigenvalue weighted by Gasteiger charge is -1.96. The molecule has 3 aromatic rings. The topological polar surface area (TPSA) is 84.9 Å². The molecule has 5 nitrogen and oxygen atoms in total. The first-order chi connectivity index (χ1) is 8.20. The Morgan fingerprint density at radius 1 is 1.53 bits per heavy atom. The van der Waals surface area contributed by atoms with Gasteiger partial charge in [-0.2, -0.15) is 0 Å². The number of rotatable bonds is 2. The van der Waals surface area contributed by atoms with Crippen LogP contribution in [0.25, 0.3) is 21.9 Å². The van der Waals surface area contributed by atoms with Gasteiger partial charge in [-0.25, -0.2) is 0 Å². The number of fused-ring (bicyclic) bond motifs is 3. The molecule has 0 radical (unpaired) electrons. The number of ketones is 1. The van der Waals surface area contributed by atoms with E-state index in [0.717, 1.165) is 16.3 Å². The third-order valence-electron chi connectivity index (χ3n) is 2.90. The molecule has 1 aromatic carbocycles. The Labute approximate surface area is 96.6 Å². The highest BCUT2D eigenvalue weighted by molar-refractivity contribution is 6.09. The van der Waals surface area contributed by atoms with Crippen molar-refractivity contribution in [2.45, 2.75) is 13.5 Å². The molecular weight excluding hydrogens is 218 g/mol. The van der Waals surface area contributed by atoms with E-state index in [1.165, 1.54) is 0 Å². The Hall–Kier alpha value is -2.14. The standard InChI is InChI=1S/C12H11N3O2/c1-6(16)7-2-3-9-8(4-7)11-10(5-13)17-15-12(11)14-9/h2-4H,5,13H2,1H3,(H,14,15). The van der Waals surface area contributed by atoms with Crippen LogP contribution in [0.1, 0.15) is 23.0 Å². The van der Waals surface area contributed by atoms with Crippen LogP contribution in [-0.2, 0) is 6.54 Å². The number of nitrogens with zero attached hydrogens (tertiary/aromatic N) is 1. The second-order valence-corrected chi connectivity index (χ2v) is 3.98. The molecule has 0 atom stereocenters. The lowest BCUT2D eigenvalue weighted by molar-refractivity contribution is 0.101. The molecule has 0 aliphatic rings. The van der Waals surface area contributed by atoms with Crippen molar-refractivity contribution < 1.29 is 9.32 Å². The first-order valence-electron chi connectivity index (χ1n) is 5.31. The zero-order valence-electron chi connectivity index (χ0n) is 9.28. The van der Waals surface area contributed by atoms with Gasteiger partial charge < -0.3 is 15.2 Å². The number of hydrogen-bond donors (Lipinski definition) is 2. The molecule has 17 heavy (non-hydrogen) atoms. The van der Waals surface area contributed by atoms with Crippen molar-refractivity contribution in [3.63, 3.8) is 0 Å². The summed E-state index contributed by atoms with van der Waals surface area (Å²) in [5, 5.41) is 5.70. The van der Waals surface area contributed by atoms with Gasteiger partial charge in [-0.3, -0.25) is 4.79 Å². The van der Waals surface area contributed by atoms with E-state index in [9.17, 15) is 4.79 Å². The molecule has 0 spiro atoms. The van der Waals surface area contributed by atoms with Crippen LogP contribution in [0.3, 0.4) is 0 Å². The Morgan fingerprint density at radius 2 is 2.35 bits per heavy atom. The molecule has 5 heteroatoms. The third kappa shape index (κ3) is 1.36. The van der Waals surface area contributed by atoms with Crippen LogP contribution in [0.4, 0.5) is 0 Å². The molecule has 0 aliphatic carbocycles. The lowest BCUT2D eigenvalue weighted by Crippen LogP contribution is -1.94. The number of nitrogens with two attached hydrogens (primary N) is 1. The van der Waals surface area contributed by atoms with Crippen molar-refractivity contribution in [3.8, 4) is 0 Å². The van der Waals surface area contributed by atoms with Crippen molar-refractivity contribution in [1.29, 1.82) is 0 Å². The molecule has 2 aromatic heterocycles. The van der Waals surface area contributed by atoms with Crippen LogP contribution in [0, 0.1) is 0 Å². The van der Waals surface area contributed by atoms with Crippen LogP contribution < -0.4 is 5.73 Å². The average molecular weight is 229 g/mol. The van der Waals surface area contributed by atoms with Gasteiger partial charge in [0, 0.05) is 16.5 Å². The maximum Gasteiger partial charge on any atom is 0.182 e. The van der Waals surface area contributed by atoms with E-state index < -0.39 is 0 Å². The molecule has 0 fully saturated rings. The number of hydrogen-bond acceptors (Lipinski definition) is 4. The summed E-state index contributed by atoms with van der Waals surface area (Å²) in [7, 11) is 0. The van der Waals surface area contributed by atoms with Gasteiger partial charge >= 0.3 is 0 Å². The van der Waals surface area contributed by atoms with E-state index in [2.05, 4.69) is 10.1 Å². The summed E-state index contributed by atoms with van der Waals surface area (Å²) in [5.74, 6) is 0.666.